The summed E-state index contributed by atoms with van der Waals surface area (Å²) in [6, 6.07) is 1.64. The van der Waals surface area contributed by atoms with Crippen molar-refractivity contribution in [2.75, 3.05) is 14.2 Å². The molecule has 10 heteroatoms. The lowest BCUT2D eigenvalue weighted by Gasteiger charge is -2.04. The highest BCUT2D eigenvalue weighted by Gasteiger charge is 2.25. The summed E-state index contributed by atoms with van der Waals surface area (Å²) in [6.45, 7) is 0. The molecule has 0 aliphatic heterocycles. The number of ether oxygens (including phenoxy) is 2. The summed E-state index contributed by atoms with van der Waals surface area (Å²) in [4.78, 5) is 31.1. The molecule has 0 aromatic heterocycles. The monoisotopic (exact) mass is 298 g/mol. The minimum absolute atomic E-state index is 0.245. The van der Waals surface area contributed by atoms with Crippen LogP contribution in [0, 0.1) is 20.2 Å². The van der Waals surface area contributed by atoms with Crippen molar-refractivity contribution in [2.24, 2.45) is 0 Å². The molecule has 1 rings (SSSR count). The number of nitro groups is 2. The van der Waals surface area contributed by atoms with Gasteiger partial charge < -0.3 is 14.6 Å². The first-order valence-corrected chi connectivity index (χ1v) is 5.31. The average molecular weight is 298 g/mol. The Morgan fingerprint density at radius 1 is 1.19 bits per heavy atom. The maximum Gasteiger partial charge on any atom is 0.373 e. The lowest BCUT2D eigenvalue weighted by atomic mass is 10.1. The van der Waals surface area contributed by atoms with Gasteiger partial charge in [0.05, 0.1) is 35.7 Å². The molecule has 0 unspecified atom stereocenters. The molecular weight excluding hydrogens is 288 g/mol. The number of nitro benzene ring substituents is 2. The molecule has 21 heavy (non-hydrogen) atoms. The van der Waals surface area contributed by atoms with Crippen molar-refractivity contribution in [3.05, 3.63) is 43.7 Å². The van der Waals surface area contributed by atoms with Gasteiger partial charge in [0.15, 0.2) is 5.75 Å². The molecule has 0 saturated carbocycles. The van der Waals surface area contributed by atoms with Gasteiger partial charge in [-0.25, -0.2) is 4.79 Å². The number of rotatable bonds is 5. The number of methoxy groups -OCH3 is 2. The second-order valence-electron chi connectivity index (χ2n) is 3.62. The van der Waals surface area contributed by atoms with Gasteiger partial charge in [0.1, 0.15) is 0 Å². The summed E-state index contributed by atoms with van der Waals surface area (Å²) in [5.74, 6) is -2.26. The van der Waals surface area contributed by atoms with E-state index in [-0.39, 0.29) is 11.3 Å². The molecule has 112 valence electrons. The van der Waals surface area contributed by atoms with Crippen LogP contribution in [0.1, 0.15) is 5.56 Å². The van der Waals surface area contributed by atoms with Gasteiger partial charge in [-0.15, -0.1) is 0 Å². The summed E-state index contributed by atoms with van der Waals surface area (Å²) in [5.41, 5.74) is -1.53. The maximum absolute atomic E-state index is 11.1. The van der Waals surface area contributed by atoms with Crippen molar-refractivity contribution in [3.63, 3.8) is 0 Å². The van der Waals surface area contributed by atoms with E-state index in [1.54, 1.807) is 0 Å². The Hall–Kier alpha value is -3.17. The third-order valence-corrected chi connectivity index (χ3v) is 2.41. The Morgan fingerprint density at radius 3 is 2.19 bits per heavy atom. The SMILES string of the molecule is COC(=O)/C(O)=C/c1cc(OC)c([N+](=O)[O-])cc1[N+](=O)[O-]. The molecule has 0 saturated heterocycles. The highest BCUT2D eigenvalue weighted by Crippen LogP contribution is 2.35. The third kappa shape index (κ3) is 3.43. The lowest BCUT2D eigenvalue weighted by Crippen LogP contribution is -2.04. The molecule has 1 aromatic carbocycles. The van der Waals surface area contributed by atoms with Crippen molar-refractivity contribution < 1.29 is 29.2 Å². The van der Waals surface area contributed by atoms with Crippen molar-refractivity contribution in [1.82, 2.24) is 0 Å². The quantitative estimate of drug-likeness (QED) is 0.284. The van der Waals surface area contributed by atoms with Gasteiger partial charge in [0, 0.05) is 12.1 Å². The minimum Gasteiger partial charge on any atom is -0.502 e. The molecule has 0 radical (unpaired) electrons. The van der Waals surface area contributed by atoms with Crippen molar-refractivity contribution >= 4 is 23.4 Å². The van der Waals surface area contributed by atoms with Gasteiger partial charge in [-0.1, -0.05) is 0 Å². The van der Waals surface area contributed by atoms with E-state index in [2.05, 4.69) is 4.74 Å². The standard InChI is InChI=1S/C11H10N2O8/c1-20-10-4-6(3-9(14)11(15)21-2)7(12(16)17)5-8(10)13(18)19/h3-5,14H,1-2H3/b9-3-. The summed E-state index contributed by atoms with van der Waals surface area (Å²) >= 11 is 0. The van der Waals surface area contributed by atoms with Crippen molar-refractivity contribution in [3.8, 4) is 5.75 Å². The molecular formula is C11H10N2O8. The van der Waals surface area contributed by atoms with E-state index in [0.29, 0.717) is 6.07 Å². The molecule has 0 aliphatic rings. The van der Waals surface area contributed by atoms with E-state index in [4.69, 9.17) is 4.74 Å². The minimum atomic E-state index is -1.11. The van der Waals surface area contributed by atoms with E-state index in [9.17, 15) is 30.1 Å². The number of benzene rings is 1. The van der Waals surface area contributed by atoms with Crippen LogP contribution in [0.5, 0.6) is 5.75 Å². The van der Waals surface area contributed by atoms with Gasteiger partial charge >= 0.3 is 11.7 Å². The molecule has 0 atom stereocenters. The van der Waals surface area contributed by atoms with E-state index >= 15 is 0 Å². The lowest BCUT2D eigenvalue weighted by molar-refractivity contribution is -0.394. The van der Waals surface area contributed by atoms with Gasteiger partial charge in [0.2, 0.25) is 5.76 Å². The summed E-state index contributed by atoms with van der Waals surface area (Å²) < 4.78 is 9.00. The number of aliphatic hydroxyl groups excluding tert-OH is 1. The number of aliphatic hydroxyl groups is 1. The largest absolute Gasteiger partial charge is 0.502 e. The fourth-order valence-electron chi connectivity index (χ4n) is 1.46. The smallest absolute Gasteiger partial charge is 0.373 e. The Balaban J connectivity index is 3.54. The molecule has 0 aliphatic carbocycles. The van der Waals surface area contributed by atoms with E-state index in [0.717, 1.165) is 26.4 Å². The highest BCUT2D eigenvalue weighted by atomic mass is 16.6. The van der Waals surface area contributed by atoms with Crippen LogP contribution in [0.25, 0.3) is 6.08 Å². The van der Waals surface area contributed by atoms with Gasteiger partial charge in [-0.2, -0.15) is 0 Å². The number of hydrogen-bond donors (Lipinski definition) is 1. The number of carbonyl (C=O) groups excluding carboxylic acids is 1. The first-order valence-electron chi connectivity index (χ1n) is 5.31. The third-order valence-electron chi connectivity index (χ3n) is 2.41. The van der Waals surface area contributed by atoms with Crippen LogP contribution in [0.3, 0.4) is 0 Å². The molecule has 0 bridgehead atoms. The number of carbonyl (C=O) groups is 1. The second kappa shape index (κ2) is 6.32. The van der Waals surface area contributed by atoms with Gasteiger partial charge in [-0.3, -0.25) is 20.2 Å². The van der Waals surface area contributed by atoms with Crippen LogP contribution in [-0.2, 0) is 9.53 Å². The summed E-state index contributed by atoms with van der Waals surface area (Å²) in [6.07, 6.45) is 0.760. The van der Waals surface area contributed by atoms with E-state index in [1.807, 2.05) is 0 Å². The number of hydrogen-bond acceptors (Lipinski definition) is 8. The first-order chi connectivity index (χ1) is 9.81. The maximum atomic E-state index is 11.1. The van der Waals surface area contributed by atoms with E-state index in [1.165, 1.54) is 0 Å². The van der Waals surface area contributed by atoms with Crippen LogP contribution >= 0.6 is 0 Å². The fraction of sp³-hybridized carbons (Fsp3) is 0.182. The molecule has 1 N–H and O–H groups in total. The van der Waals surface area contributed by atoms with Crippen LogP contribution in [0.15, 0.2) is 17.9 Å². The Bertz CT molecular complexity index is 637. The zero-order valence-electron chi connectivity index (χ0n) is 10.9. The highest BCUT2D eigenvalue weighted by molar-refractivity contribution is 5.92. The predicted octanol–water partition coefficient (Wildman–Crippen LogP) is 1.58. The fourth-order valence-corrected chi connectivity index (χ4v) is 1.46. The molecule has 0 fully saturated rings. The zero-order chi connectivity index (χ0) is 16.2. The summed E-state index contributed by atoms with van der Waals surface area (Å²) in [5, 5.41) is 31.1. The zero-order valence-corrected chi connectivity index (χ0v) is 10.9. The molecule has 0 amide bonds. The topological polar surface area (TPSA) is 142 Å². The Labute approximate surface area is 117 Å². The molecule has 1 aromatic rings. The van der Waals surface area contributed by atoms with Gasteiger partial charge in [0.25, 0.3) is 5.69 Å². The summed E-state index contributed by atoms with van der Waals surface area (Å²) in [7, 11) is 2.15. The van der Waals surface area contributed by atoms with Crippen molar-refractivity contribution in [2.45, 2.75) is 0 Å². The average Bonchev–Trinajstić information content (AvgIpc) is 2.44. The van der Waals surface area contributed by atoms with E-state index < -0.39 is 32.9 Å². The molecule has 0 heterocycles. The van der Waals surface area contributed by atoms with Gasteiger partial charge in [-0.05, 0) is 0 Å². The molecule has 10 nitrogen and oxygen atoms in total. The number of esters is 1. The molecule has 0 spiro atoms. The Morgan fingerprint density at radius 2 is 1.76 bits per heavy atom. The van der Waals surface area contributed by atoms with Crippen LogP contribution in [0.4, 0.5) is 11.4 Å². The second-order valence-corrected chi connectivity index (χ2v) is 3.62. The normalized spacial score (nSPS) is 10.9. The predicted molar refractivity (Wildman–Crippen MR) is 68.9 cm³/mol. The first kappa shape index (κ1) is 15.9. The van der Waals surface area contributed by atoms with Crippen molar-refractivity contribution in [1.29, 1.82) is 0 Å². The number of nitrogens with zero attached hydrogens (tertiary/aromatic N) is 2. The van der Waals surface area contributed by atoms with Crippen LogP contribution < -0.4 is 4.74 Å². The Kier molecular flexibility index (Phi) is 4.78. The van der Waals surface area contributed by atoms with Crippen LogP contribution in [0.2, 0.25) is 0 Å². The van der Waals surface area contributed by atoms with Crippen LogP contribution in [-0.4, -0.2) is 35.1 Å².